The summed E-state index contributed by atoms with van der Waals surface area (Å²) < 4.78 is 36.9. The summed E-state index contributed by atoms with van der Waals surface area (Å²) in [5, 5.41) is 3.15. The molecule has 1 saturated heterocycles. The number of hydrogen-bond acceptors (Lipinski definition) is 6. The Bertz CT molecular complexity index is 628. The van der Waals surface area contributed by atoms with Crippen molar-refractivity contribution in [2.75, 3.05) is 26.7 Å². The van der Waals surface area contributed by atoms with Crippen molar-refractivity contribution in [3.63, 3.8) is 0 Å². The van der Waals surface area contributed by atoms with Gasteiger partial charge in [0.1, 0.15) is 10.7 Å². The van der Waals surface area contributed by atoms with E-state index in [0.717, 1.165) is 0 Å². The largest absolute Gasteiger partial charge is 0.463 e. The van der Waals surface area contributed by atoms with Gasteiger partial charge in [0.25, 0.3) is 0 Å². The zero-order valence-corrected chi connectivity index (χ0v) is 14.4. The molecule has 2 heterocycles. The predicted octanol–water partition coefficient (Wildman–Crippen LogP) is 1.03. The summed E-state index contributed by atoms with van der Waals surface area (Å²) in [6.45, 7) is 5.22. The maximum Gasteiger partial charge on any atom is 0.373 e. The molecule has 0 amide bonds. The minimum absolute atomic E-state index is 0. The van der Waals surface area contributed by atoms with Crippen molar-refractivity contribution >= 4 is 28.4 Å². The van der Waals surface area contributed by atoms with E-state index in [9.17, 15) is 13.2 Å². The Hall–Kier alpha value is -1.09. The lowest BCUT2D eigenvalue weighted by molar-refractivity contribution is 0.0563. The van der Waals surface area contributed by atoms with E-state index in [0.29, 0.717) is 26.1 Å². The number of esters is 1. The number of piperazine rings is 1. The van der Waals surface area contributed by atoms with Gasteiger partial charge >= 0.3 is 5.97 Å². The molecule has 2 rings (SSSR count). The van der Waals surface area contributed by atoms with Crippen LogP contribution < -0.4 is 5.32 Å². The van der Waals surface area contributed by atoms with E-state index < -0.39 is 16.0 Å². The number of hydrogen-bond donors (Lipinski definition) is 1. The van der Waals surface area contributed by atoms with E-state index in [1.807, 2.05) is 6.92 Å². The summed E-state index contributed by atoms with van der Waals surface area (Å²) in [5.41, 5.74) is 0. The van der Waals surface area contributed by atoms with Crippen LogP contribution in [0.15, 0.2) is 15.4 Å². The number of sulfonamides is 1. The summed E-state index contributed by atoms with van der Waals surface area (Å²) in [6.07, 6.45) is 0.381. The number of aryl methyl sites for hydroxylation is 1. The molecule has 0 spiro atoms. The first-order valence-corrected chi connectivity index (χ1v) is 8.29. The average Bonchev–Trinajstić information content (AvgIpc) is 2.91. The molecule has 1 aliphatic heterocycles. The molecule has 1 atom stereocenters. The van der Waals surface area contributed by atoms with Gasteiger partial charge in [-0.15, -0.1) is 12.4 Å². The lowest BCUT2D eigenvalue weighted by atomic mass is 10.3. The van der Waals surface area contributed by atoms with E-state index in [1.54, 1.807) is 6.92 Å². The fourth-order valence-electron chi connectivity index (χ4n) is 2.38. The van der Waals surface area contributed by atoms with Gasteiger partial charge in [0.2, 0.25) is 15.8 Å². The van der Waals surface area contributed by atoms with Crippen LogP contribution in [-0.2, 0) is 21.2 Å². The molecule has 1 fully saturated rings. The van der Waals surface area contributed by atoms with Crippen LogP contribution >= 0.6 is 12.4 Å². The van der Waals surface area contributed by atoms with E-state index in [4.69, 9.17) is 4.42 Å². The Morgan fingerprint density at radius 1 is 1.55 bits per heavy atom. The summed E-state index contributed by atoms with van der Waals surface area (Å²) in [7, 11) is -2.46. The Balaban J connectivity index is 0.00000242. The van der Waals surface area contributed by atoms with Gasteiger partial charge in [-0.25, -0.2) is 13.2 Å². The second-order valence-corrected chi connectivity index (χ2v) is 6.77. The van der Waals surface area contributed by atoms with Crippen molar-refractivity contribution in [2.45, 2.75) is 31.2 Å². The maximum absolute atomic E-state index is 12.8. The molecule has 1 aromatic rings. The zero-order chi connectivity index (χ0) is 15.6. The van der Waals surface area contributed by atoms with E-state index in [-0.39, 0.29) is 34.9 Å². The van der Waals surface area contributed by atoms with Crippen LogP contribution in [0.25, 0.3) is 0 Å². The molecule has 1 aromatic heterocycles. The van der Waals surface area contributed by atoms with Crippen LogP contribution in [0.4, 0.5) is 0 Å². The highest BCUT2D eigenvalue weighted by Gasteiger charge is 2.35. The number of carbonyl (C=O) groups is 1. The van der Waals surface area contributed by atoms with Gasteiger partial charge in [0.05, 0.1) is 7.11 Å². The molecule has 0 radical (unpaired) electrons. The minimum atomic E-state index is -3.68. The maximum atomic E-state index is 12.8. The van der Waals surface area contributed by atoms with Gasteiger partial charge in [-0.1, -0.05) is 6.92 Å². The number of ether oxygens (including phenoxy) is 1. The van der Waals surface area contributed by atoms with Gasteiger partial charge < -0.3 is 14.5 Å². The van der Waals surface area contributed by atoms with E-state index >= 15 is 0 Å². The first-order chi connectivity index (χ1) is 9.91. The molecule has 7 nitrogen and oxygen atoms in total. The Morgan fingerprint density at radius 2 is 2.23 bits per heavy atom. The van der Waals surface area contributed by atoms with Crippen molar-refractivity contribution in [1.82, 2.24) is 9.62 Å². The van der Waals surface area contributed by atoms with Gasteiger partial charge in [-0.05, 0) is 6.92 Å². The number of halogens is 1. The highest BCUT2D eigenvalue weighted by atomic mass is 35.5. The summed E-state index contributed by atoms with van der Waals surface area (Å²) in [5.74, 6) is -0.489. The van der Waals surface area contributed by atoms with Gasteiger partial charge in [0.15, 0.2) is 0 Å². The molecule has 0 aliphatic carbocycles. The monoisotopic (exact) mass is 352 g/mol. The van der Waals surface area contributed by atoms with E-state index in [2.05, 4.69) is 10.1 Å². The number of nitrogens with one attached hydrogen (secondary N) is 1. The topological polar surface area (TPSA) is 88.8 Å². The van der Waals surface area contributed by atoms with Crippen molar-refractivity contribution in [3.05, 3.63) is 17.6 Å². The molecule has 126 valence electrons. The van der Waals surface area contributed by atoms with Crippen LogP contribution in [0.2, 0.25) is 0 Å². The SMILES string of the molecule is CCc1oc(C(=O)OC)cc1S(=O)(=O)N1CCNCC1C.Cl. The van der Waals surface area contributed by atoms with Crippen LogP contribution in [-0.4, -0.2) is 51.5 Å². The van der Waals surface area contributed by atoms with Crippen molar-refractivity contribution in [3.8, 4) is 0 Å². The number of furan rings is 1. The van der Waals surface area contributed by atoms with Crippen molar-refractivity contribution < 1.29 is 22.4 Å². The first kappa shape index (κ1) is 19.0. The van der Waals surface area contributed by atoms with Crippen LogP contribution in [0, 0.1) is 0 Å². The quantitative estimate of drug-likeness (QED) is 0.814. The van der Waals surface area contributed by atoms with Crippen LogP contribution in [0.5, 0.6) is 0 Å². The van der Waals surface area contributed by atoms with Crippen LogP contribution in [0.1, 0.15) is 30.2 Å². The molecule has 1 aliphatic rings. The number of methoxy groups -OCH3 is 1. The van der Waals surface area contributed by atoms with Crippen molar-refractivity contribution in [2.24, 2.45) is 0 Å². The molecular formula is C13H21ClN2O5S. The highest BCUT2D eigenvalue weighted by molar-refractivity contribution is 7.89. The molecule has 1 unspecified atom stereocenters. The average molecular weight is 353 g/mol. The molecule has 0 bridgehead atoms. The Morgan fingerprint density at radius 3 is 2.77 bits per heavy atom. The van der Waals surface area contributed by atoms with Crippen molar-refractivity contribution in [1.29, 1.82) is 0 Å². The van der Waals surface area contributed by atoms with E-state index in [1.165, 1.54) is 17.5 Å². The third-order valence-corrected chi connectivity index (χ3v) is 5.57. The fraction of sp³-hybridized carbons (Fsp3) is 0.615. The summed E-state index contributed by atoms with van der Waals surface area (Å²) in [6, 6.07) is 1.11. The lowest BCUT2D eigenvalue weighted by Crippen LogP contribution is -2.52. The number of carbonyl (C=O) groups excluding carboxylic acids is 1. The Kier molecular flexibility index (Phi) is 6.42. The molecule has 0 aromatic carbocycles. The second-order valence-electron chi connectivity index (χ2n) is 4.91. The normalized spacial score (nSPS) is 19.5. The highest BCUT2D eigenvalue weighted by Crippen LogP contribution is 2.27. The predicted molar refractivity (Wildman–Crippen MR) is 82.9 cm³/mol. The number of rotatable bonds is 4. The summed E-state index contributed by atoms with van der Waals surface area (Å²) in [4.78, 5) is 11.6. The number of nitrogens with zero attached hydrogens (tertiary/aromatic N) is 1. The zero-order valence-electron chi connectivity index (χ0n) is 12.8. The Labute approximate surface area is 136 Å². The third kappa shape index (κ3) is 3.45. The van der Waals surface area contributed by atoms with Gasteiger partial charge in [-0.3, -0.25) is 0 Å². The second kappa shape index (κ2) is 7.45. The standard InChI is InChI=1S/C13H20N2O5S.ClH/c1-4-10-12(7-11(20-10)13(16)19-3)21(17,18)15-6-5-14-8-9(15)2;/h7,9,14H,4-6,8H2,1-3H3;1H. The molecule has 0 saturated carbocycles. The smallest absolute Gasteiger partial charge is 0.373 e. The van der Waals surface area contributed by atoms with Gasteiger partial charge in [0, 0.05) is 38.2 Å². The molecule has 1 N–H and O–H groups in total. The first-order valence-electron chi connectivity index (χ1n) is 6.85. The lowest BCUT2D eigenvalue weighted by Gasteiger charge is -2.32. The fourth-order valence-corrected chi connectivity index (χ4v) is 4.25. The third-order valence-electron chi connectivity index (χ3n) is 3.50. The van der Waals surface area contributed by atoms with Crippen LogP contribution in [0.3, 0.4) is 0 Å². The molecular weight excluding hydrogens is 332 g/mol. The minimum Gasteiger partial charge on any atom is -0.463 e. The van der Waals surface area contributed by atoms with Gasteiger partial charge in [-0.2, -0.15) is 4.31 Å². The molecule has 9 heteroatoms. The molecule has 22 heavy (non-hydrogen) atoms. The summed E-state index contributed by atoms with van der Waals surface area (Å²) >= 11 is 0.